The molecule has 0 saturated carbocycles. The van der Waals surface area contributed by atoms with Crippen LogP contribution in [0.3, 0.4) is 0 Å². The monoisotopic (exact) mass is 266 g/mol. The molecular formula is C13H22N4S. The van der Waals surface area contributed by atoms with Crippen LogP contribution >= 0.6 is 11.8 Å². The summed E-state index contributed by atoms with van der Waals surface area (Å²) in [4.78, 5) is 8.99. The molecule has 0 amide bonds. The highest BCUT2D eigenvalue weighted by Gasteiger charge is 2.16. The Morgan fingerprint density at radius 3 is 2.50 bits per heavy atom. The molecule has 0 spiro atoms. The summed E-state index contributed by atoms with van der Waals surface area (Å²) in [5.74, 6) is 5.28. The largest absolute Gasteiger partial charge is 0.370 e. The normalized spacial score (nSPS) is 16.6. The third-order valence-corrected chi connectivity index (χ3v) is 4.21. The number of hydrogen-bond acceptors (Lipinski definition) is 5. The van der Waals surface area contributed by atoms with Crippen LogP contribution in [0.1, 0.15) is 31.2 Å². The summed E-state index contributed by atoms with van der Waals surface area (Å²) in [6, 6.07) is 0.564. The first kappa shape index (κ1) is 13.5. The van der Waals surface area contributed by atoms with Crippen molar-refractivity contribution >= 4 is 23.4 Å². The molecule has 0 aliphatic carbocycles. The van der Waals surface area contributed by atoms with E-state index in [1.807, 2.05) is 18.7 Å². The van der Waals surface area contributed by atoms with E-state index in [1.54, 1.807) is 0 Å². The zero-order valence-electron chi connectivity index (χ0n) is 11.4. The van der Waals surface area contributed by atoms with Gasteiger partial charge in [-0.05, 0) is 45.1 Å². The van der Waals surface area contributed by atoms with E-state index in [1.165, 1.54) is 24.3 Å². The Hall–Kier alpha value is -0.970. The van der Waals surface area contributed by atoms with Gasteiger partial charge < -0.3 is 10.6 Å². The molecule has 1 aliphatic heterocycles. The van der Waals surface area contributed by atoms with Gasteiger partial charge >= 0.3 is 0 Å². The highest BCUT2D eigenvalue weighted by Crippen LogP contribution is 2.24. The summed E-state index contributed by atoms with van der Waals surface area (Å²) in [5, 5.41) is 6.88. The summed E-state index contributed by atoms with van der Waals surface area (Å²) in [6.45, 7) is 7.00. The second kappa shape index (κ2) is 6.27. The quantitative estimate of drug-likeness (QED) is 0.877. The van der Waals surface area contributed by atoms with E-state index in [0.717, 1.165) is 29.6 Å². The fourth-order valence-electron chi connectivity index (χ4n) is 2.14. The summed E-state index contributed by atoms with van der Waals surface area (Å²) >= 11 is 2.04. The minimum absolute atomic E-state index is 0.564. The molecule has 1 saturated heterocycles. The highest BCUT2D eigenvalue weighted by atomic mass is 32.2. The van der Waals surface area contributed by atoms with Crippen molar-refractivity contribution in [1.29, 1.82) is 0 Å². The van der Waals surface area contributed by atoms with Crippen LogP contribution in [0.5, 0.6) is 0 Å². The predicted octanol–water partition coefficient (Wildman–Crippen LogP) is 2.83. The Morgan fingerprint density at radius 1 is 1.17 bits per heavy atom. The second-order valence-corrected chi connectivity index (χ2v) is 5.88. The van der Waals surface area contributed by atoms with E-state index >= 15 is 0 Å². The number of nitrogens with zero attached hydrogens (tertiary/aromatic N) is 2. The highest BCUT2D eigenvalue weighted by molar-refractivity contribution is 7.99. The first-order chi connectivity index (χ1) is 8.70. The third-order valence-electron chi connectivity index (χ3n) is 3.16. The Balaban J connectivity index is 2.15. The second-order valence-electron chi connectivity index (χ2n) is 4.65. The van der Waals surface area contributed by atoms with Crippen molar-refractivity contribution < 1.29 is 0 Å². The molecule has 2 heterocycles. The maximum atomic E-state index is 4.54. The number of rotatable bonds is 4. The van der Waals surface area contributed by atoms with Gasteiger partial charge in [-0.2, -0.15) is 11.8 Å². The van der Waals surface area contributed by atoms with Gasteiger partial charge in [-0.1, -0.05) is 0 Å². The molecule has 18 heavy (non-hydrogen) atoms. The van der Waals surface area contributed by atoms with E-state index in [-0.39, 0.29) is 0 Å². The number of aromatic nitrogens is 2. The molecule has 100 valence electrons. The SMILES string of the molecule is CCNc1nc(C)nc(NC2CCSCC2)c1C. The van der Waals surface area contributed by atoms with Gasteiger partial charge in [-0.3, -0.25) is 0 Å². The van der Waals surface area contributed by atoms with Crippen molar-refractivity contribution in [2.75, 3.05) is 28.7 Å². The van der Waals surface area contributed by atoms with E-state index in [9.17, 15) is 0 Å². The standard InChI is InChI=1S/C13H22N4S/c1-4-14-12-9(2)13(16-10(3)15-12)17-11-5-7-18-8-6-11/h11H,4-8H2,1-3H3,(H2,14,15,16,17). The number of thioether (sulfide) groups is 1. The molecular weight excluding hydrogens is 244 g/mol. The Kier molecular flexibility index (Phi) is 4.69. The van der Waals surface area contributed by atoms with Crippen molar-refractivity contribution in [3.8, 4) is 0 Å². The van der Waals surface area contributed by atoms with Crippen molar-refractivity contribution in [2.24, 2.45) is 0 Å². The Bertz CT molecular complexity index is 402. The molecule has 1 aliphatic rings. The van der Waals surface area contributed by atoms with Gasteiger partial charge in [0.2, 0.25) is 0 Å². The Morgan fingerprint density at radius 2 is 1.83 bits per heavy atom. The molecule has 0 atom stereocenters. The fraction of sp³-hybridized carbons (Fsp3) is 0.692. The van der Waals surface area contributed by atoms with Gasteiger partial charge in [0.25, 0.3) is 0 Å². The minimum atomic E-state index is 0.564. The molecule has 1 fully saturated rings. The number of nitrogens with one attached hydrogen (secondary N) is 2. The van der Waals surface area contributed by atoms with Gasteiger partial charge in [-0.25, -0.2) is 9.97 Å². The fourth-order valence-corrected chi connectivity index (χ4v) is 3.25. The van der Waals surface area contributed by atoms with E-state index in [4.69, 9.17) is 0 Å². The van der Waals surface area contributed by atoms with Crippen molar-refractivity contribution in [1.82, 2.24) is 9.97 Å². The molecule has 5 heteroatoms. The summed E-state index contributed by atoms with van der Waals surface area (Å²) in [5.41, 5.74) is 1.13. The van der Waals surface area contributed by atoms with Crippen LogP contribution in [-0.2, 0) is 0 Å². The summed E-state index contributed by atoms with van der Waals surface area (Å²) < 4.78 is 0. The topological polar surface area (TPSA) is 49.8 Å². The van der Waals surface area contributed by atoms with Gasteiger partial charge in [-0.15, -0.1) is 0 Å². The molecule has 1 aromatic rings. The lowest BCUT2D eigenvalue weighted by atomic mass is 10.1. The van der Waals surface area contributed by atoms with Gasteiger partial charge in [0.15, 0.2) is 0 Å². The number of anilines is 2. The van der Waals surface area contributed by atoms with E-state index < -0.39 is 0 Å². The van der Waals surface area contributed by atoms with Crippen molar-refractivity contribution in [3.63, 3.8) is 0 Å². The molecule has 4 nitrogen and oxygen atoms in total. The number of aryl methyl sites for hydroxylation is 1. The third kappa shape index (κ3) is 3.28. The molecule has 0 bridgehead atoms. The van der Waals surface area contributed by atoms with Crippen LogP contribution in [-0.4, -0.2) is 34.1 Å². The predicted molar refractivity (Wildman–Crippen MR) is 79.6 cm³/mol. The van der Waals surface area contributed by atoms with E-state index in [2.05, 4.69) is 34.4 Å². The van der Waals surface area contributed by atoms with Crippen molar-refractivity contribution in [3.05, 3.63) is 11.4 Å². The molecule has 2 N–H and O–H groups in total. The Labute approximate surface area is 113 Å². The molecule has 0 radical (unpaired) electrons. The lowest BCUT2D eigenvalue weighted by Crippen LogP contribution is -2.26. The molecule has 0 unspecified atom stereocenters. The van der Waals surface area contributed by atoms with Crippen LogP contribution in [0.4, 0.5) is 11.6 Å². The lowest BCUT2D eigenvalue weighted by molar-refractivity contribution is 0.662. The summed E-state index contributed by atoms with van der Waals surface area (Å²) in [6.07, 6.45) is 2.45. The van der Waals surface area contributed by atoms with E-state index in [0.29, 0.717) is 6.04 Å². The van der Waals surface area contributed by atoms with Crippen LogP contribution in [0, 0.1) is 13.8 Å². The first-order valence-electron chi connectivity index (χ1n) is 6.64. The van der Waals surface area contributed by atoms with Crippen molar-refractivity contribution in [2.45, 2.75) is 39.7 Å². The minimum Gasteiger partial charge on any atom is -0.370 e. The van der Waals surface area contributed by atoms with Gasteiger partial charge in [0.1, 0.15) is 17.5 Å². The zero-order valence-corrected chi connectivity index (χ0v) is 12.2. The maximum absolute atomic E-state index is 4.54. The average molecular weight is 266 g/mol. The lowest BCUT2D eigenvalue weighted by Gasteiger charge is -2.24. The average Bonchev–Trinajstić information content (AvgIpc) is 2.36. The molecule has 0 aromatic carbocycles. The first-order valence-corrected chi connectivity index (χ1v) is 7.79. The molecule has 1 aromatic heterocycles. The van der Waals surface area contributed by atoms with Crippen LogP contribution in [0.15, 0.2) is 0 Å². The smallest absolute Gasteiger partial charge is 0.134 e. The summed E-state index contributed by atoms with van der Waals surface area (Å²) in [7, 11) is 0. The van der Waals surface area contributed by atoms with Crippen LogP contribution in [0.25, 0.3) is 0 Å². The van der Waals surface area contributed by atoms with Crippen LogP contribution < -0.4 is 10.6 Å². The van der Waals surface area contributed by atoms with Crippen LogP contribution in [0.2, 0.25) is 0 Å². The van der Waals surface area contributed by atoms with Gasteiger partial charge in [0, 0.05) is 18.2 Å². The maximum Gasteiger partial charge on any atom is 0.134 e. The molecule has 2 rings (SSSR count). The number of hydrogen-bond donors (Lipinski definition) is 2. The van der Waals surface area contributed by atoms with Gasteiger partial charge in [0.05, 0.1) is 0 Å². The zero-order chi connectivity index (χ0) is 13.0.